The fourth-order valence-electron chi connectivity index (χ4n) is 1.85. The number of nitrogens with one attached hydrogen (secondary N) is 2. The van der Waals surface area contributed by atoms with Crippen molar-refractivity contribution < 1.29 is 19.9 Å². The van der Waals surface area contributed by atoms with Crippen molar-refractivity contribution in [3.8, 4) is 0 Å². The molecule has 8 nitrogen and oxygen atoms in total. The van der Waals surface area contributed by atoms with Crippen molar-refractivity contribution in [3.63, 3.8) is 0 Å². The minimum Gasteiger partial charge on any atom is -0.390 e. The minimum absolute atomic E-state index is 0.0492. The number of benzene rings is 1. The fraction of sp³-hybridized carbons (Fsp3) is 0.462. The molecule has 0 aliphatic rings. The summed E-state index contributed by atoms with van der Waals surface area (Å²) in [6.07, 6.45) is -1.97. The zero-order chi connectivity index (χ0) is 16.0. The monoisotopic (exact) mass is 297 g/mol. The molecule has 1 rings (SSSR count). The van der Waals surface area contributed by atoms with E-state index in [2.05, 4.69) is 10.6 Å². The molecule has 8 heteroatoms. The van der Waals surface area contributed by atoms with Gasteiger partial charge in [-0.05, 0) is 31.6 Å². The number of nitrogens with zero attached hydrogens (tertiary/aromatic N) is 1. The number of aliphatic hydroxyl groups excluding tert-OH is 2. The minimum atomic E-state index is -1.23. The first-order chi connectivity index (χ1) is 9.86. The maximum atomic E-state index is 11.0. The number of anilines is 1. The van der Waals surface area contributed by atoms with Crippen LogP contribution >= 0.6 is 0 Å². The van der Waals surface area contributed by atoms with E-state index >= 15 is 0 Å². The standard InChI is InChI=1S/C13H19N3O5/c1-8(17)15-10-4-3-9(7-11(10)16(20)21)13(19)12(18)5-6-14-2/h3-4,7,12-14,18-19H,5-6H2,1-2H3,(H,15,17). The fourth-order valence-corrected chi connectivity index (χ4v) is 1.85. The van der Waals surface area contributed by atoms with Gasteiger partial charge in [0.2, 0.25) is 5.91 Å². The van der Waals surface area contributed by atoms with Crippen LogP contribution in [-0.2, 0) is 4.79 Å². The van der Waals surface area contributed by atoms with Gasteiger partial charge < -0.3 is 20.8 Å². The Bertz CT molecular complexity index is 521. The molecule has 0 saturated carbocycles. The third kappa shape index (κ3) is 4.78. The molecule has 0 aromatic heterocycles. The van der Waals surface area contributed by atoms with Gasteiger partial charge in [-0.3, -0.25) is 14.9 Å². The molecule has 0 spiro atoms. The first-order valence-corrected chi connectivity index (χ1v) is 6.43. The summed E-state index contributed by atoms with van der Waals surface area (Å²) in [5, 5.41) is 36.0. The van der Waals surface area contributed by atoms with Gasteiger partial charge in [0.05, 0.1) is 11.0 Å². The van der Waals surface area contributed by atoms with Crippen LogP contribution in [0.25, 0.3) is 0 Å². The number of hydrogen-bond donors (Lipinski definition) is 4. The number of amides is 1. The van der Waals surface area contributed by atoms with Crippen molar-refractivity contribution in [2.75, 3.05) is 18.9 Å². The second-order valence-corrected chi connectivity index (χ2v) is 4.62. The van der Waals surface area contributed by atoms with Gasteiger partial charge in [-0.25, -0.2) is 0 Å². The number of nitro benzene ring substituents is 1. The van der Waals surface area contributed by atoms with Gasteiger partial charge in [-0.1, -0.05) is 6.07 Å². The highest BCUT2D eigenvalue weighted by Gasteiger charge is 2.22. The lowest BCUT2D eigenvalue weighted by atomic mass is 10.0. The van der Waals surface area contributed by atoms with Gasteiger partial charge in [-0.15, -0.1) is 0 Å². The molecule has 4 N–H and O–H groups in total. The molecule has 2 atom stereocenters. The van der Waals surface area contributed by atoms with Crippen LogP contribution in [0.15, 0.2) is 18.2 Å². The summed E-state index contributed by atoms with van der Waals surface area (Å²) in [5.74, 6) is -0.430. The smallest absolute Gasteiger partial charge is 0.293 e. The van der Waals surface area contributed by atoms with Crippen LogP contribution in [0.2, 0.25) is 0 Å². The van der Waals surface area contributed by atoms with Crippen LogP contribution < -0.4 is 10.6 Å². The zero-order valence-electron chi connectivity index (χ0n) is 11.9. The van der Waals surface area contributed by atoms with Crippen molar-refractivity contribution in [1.29, 1.82) is 0 Å². The predicted octanol–water partition coefficient (Wildman–Crippen LogP) is 0.557. The molecule has 0 bridgehead atoms. The number of carbonyl (C=O) groups is 1. The molecular formula is C13H19N3O5. The first kappa shape index (κ1) is 17.0. The van der Waals surface area contributed by atoms with Crippen LogP contribution in [0.1, 0.15) is 25.0 Å². The molecule has 0 saturated heterocycles. The average Bonchev–Trinajstić information content (AvgIpc) is 2.43. The number of rotatable bonds is 7. The highest BCUT2D eigenvalue weighted by Crippen LogP contribution is 2.29. The van der Waals surface area contributed by atoms with E-state index in [1.165, 1.54) is 19.1 Å². The van der Waals surface area contributed by atoms with E-state index in [1.54, 1.807) is 7.05 Å². The Morgan fingerprint density at radius 3 is 2.62 bits per heavy atom. The molecule has 1 aromatic carbocycles. The Balaban J connectivity index is 3.01. The van der Waals surface area contributed by atoms with Gasteiger partial charge in [0.25, 0.3) is 5.69 Å². The third-order valence-electron chi connectivity index (χ3n) is 2.93. The number of nitro groups is 1. The van der Waals surface area contributed by atoms with Crippen LogP contribution in [0, 0.1) is 10.1 Å². The molecule has 116 valence electrons. The lowest BCUT2D eigenvalue weighted by molar-refractivity contribution is -0.384. The molecule has 0 aliphatic carbocycles. The largest absolute Gasteiger partial charge is 0.390 e. The van der Waals surface area contributed by atoms with Crippen molar-refractivity contribution in [2.45, 2.75) is 25.6 Å². The van der Waals surface area contributed by atoms with Crippen LogP contribution in [-0.4, -0.2) is 40.7 Å². The van der Waals surface area contributed by atoms with E-state index in [4.69, 9.17) is 0 Å². The second kappa shape index (κ2) is 7.67. The van der Waals surface area contributed by atoms with Crippen molar-refractivity contribution in [3.05, 3.63) is 33.9 Å². The van der Waals surface area contributed by atoms with E-state index in [9.17, 15) is 25.1 Å². The average molecular weight is 297 g/mol. The van der Waals surface area contributed by atoms with Crippen molar-refractivity contribution >= 4 is 17.3 Å². The summed E-state index contributed by atoms with van der Waals surface area (Å²) < 4.78 is 0. The van der Waals surface area contributed by atoms with E-state index in [0.29, 0.717) is 13.0 Å². The van der Waals surface area contributed by atoms with E-state index in [1.807, 2.05) is 0 Å². The highest BCUT2D eigenvalue weighted by atomic mass is 16.6. The van der Waals surface area contributed by atoms with E-state index < -0.39 is 23.0 Å². The van der Waals surface area contributed by atoms with Gasteiger partial charge in [0, 0.05) is 13.0 Å². The van der Waals surface area contributed by atoms with Crippen molar-refractivity contribution in [2.24, 2.45) is 0 Å². The molecule has 1 amide bonds. The Labute approximate surface area is 121 Å². The Morgan fingerprint density at radius 2 is 2.10 bits per heavy atom. The summed E-state index contributed by atoms with van der Waals surface area (Å²) in [5.41, 5.74) is -0.0601. The number of hydrogen-bond acceptors (Lipinski definition) is 6. The van der Waals surface area contributed by atoms with E-state index in [0.717, 1.165) is 6.07 Å². The van der Waals surface area contributed by atoms with Gasteiger partial charge in [0.1, 0.15) is 11.8 Å². The topological polar surface area (TPSA) is 125 Å². The quantitative estimate of drug-likeness (QED) is 0.430. The van der Waals surface area contributed by atoms with Crippen molar-refractivity contribution in [1.82, 2.24) is 5.32 Å². The normalized spacial score (nSPS) is 13.5. The summed E-state index contributed by atoms with van der Waals surface area (Å²) in [7, 11) is 1.71. The third-order valence-corrected chi connectivity index (χ3v) is 2.93. The second-order valence-electron chi connectivity index (χ2n) is 4.62. The Hall–Kier alpha value is -2.03. The van der Waals surface area contributed by atoms with Crippen LogP contribution in [0.3, 0.4) is 0 Å². The molecular weight excluding hydrogens is 278 g/mol. The molecule has 0 radical (unpaired) electrons. The molecule has 21 heavy (non-hydrogen) atoms. The molecule has 2 unspecified atom stereocenters. The maximum Gasteiger partial charge on any atom is 0.293 e. The zero-order valence-corrected chi connectivity index (χ0v) is 11.9. The SMILES string of the molecule is CNCCC(O)C(O)c1ccc(NC(C)=O)c([N+](=O)[O-])c1. The summed E-state index contributed by atoms with van der Waals surface area (Å²) in [6.45, 7) is 1.75. The lowest BCUT2D eigenvalue weighted by Gasteiger charge is -2.18. The first-order valence-electron chi connectivity index (χ1n) is 6.43. The Kier molecular flexibility index (Phi) is 6.22. The van der Waals surface area contributed by atoms with Gasteiger partial charge in [-0.2, -0.15) is 0 Å². The van der Waals surface area contributed by atoms with E-state index in [-0.39, 0.29) is 16.9 Å². The molecule has 1 aromatic rings. The number of carbonyl (C=O) groups excluding carboxylic acids is 1. The van der Waals surface area contributed by atoms with Gasteiger partial charge >= 0.3 is 0 Å². The molecule has 0 heterocycles. The predicted molar refractivity (Wildman–Crippen MR) is 76.9 cm³/mol. The number of aliphatic hydroxyl groups is 2. The summed E-state index contributed by atoms with van der Waals surface area (Å²) in [4.78, 5) is 21.4. The summed E-state index contributed by atoms with van der Waals surface area (Å²) in [6, 6.07) is 3.92. The lowest BCUT2D eigenvalue weighted by Crippen LogP contribution is -2.23. The van der Waals surface area contributed by atoms with Crippen LogP contribution in [0.4, 0.5) is 11.4 Å². The molecule has 0 aliphatic heterocycles. The van der Waals surface area contributed by atoms with Crippen LogP contribution in [0.5, 0.6) is 0 Å². The summed E-state index contributed by atoms with van der Waals surface area (Å²) >= 11 is 0. The van der Waals surface area contributed by atoms with Gasteiger partial charge in [0.15, 0.2) is 0 Å². The maximum absolute atomic E-state index is 11.0. The Morgan fingerprint density at radius 1 is 1.43 bits per heavy atom. The molecule has 0 fully saturated rings. The highest BCUT2D eigenvalue weighted by molar-refractivity contribution is 5.91.